The Morgan fingerprint density at radius 2 is 2.22 bits per heavy atom. The van der Waals surface area contributed by atoms with Crippen LogP contribution in [0.2, 0.25) is 0 Å². The predicted molar refractivity (Wildman–Crippen MR) is 41.8 cm³/mol. The summed E-state index contributed by atoms with van der Waals surface area (Å²) in [6, 6.07) is 0. The summed E-state index contributed by atoms with van der Waals surface area (Å²) < 4.78 is 0. The summed E-state index contributed by atoms with van der Waals surface area (Å²) in [4.78, 5) is 0. The molecule has 2 heteroatoms. The fraction of sp³-hybridized carbons (Fsp3) is 1.00. The van der Waals surface area contributed by atoms with Crippen LogP contribution in [-0.4, -0.2) is 16.5 Å². The number of rotatable bonds is 1. The van der Waals surface area contributed by atoms with E-state index in [4.69, 9.17) is 5.11 Å². The van der Waals surface area contributed by atoms with Gasteiger partial charge in [-0.2, -0.15) is 12.6 Å². The minimum Gasteiger partial charge on any atom is -0.393 e. The van der Waals surface area contributed by atoms with E-state index in [1.165, 1.54) is 0 Å². The fourth-order valence-electron chi connectivity index (χ4n) is 1.43. The largest absolute Gasteiger partial charge is 0.393 e. The van der Waals surface area contributed by atoms with Crippen molar-refractivity contribution in [1.82, 2.24) is 0 Å². The molecule has 3 unspecified atom stereocenters. The number of hydrogen-bond donors (Lipinski definition) is 2. The lowest BCUT2D eigenvalue weighted by Crippen LogP contribution is -2.08. The zero-order chi connectivity index (χ0) is 6.85. The summed E-state index contributed by atoms with van der Waals surface area (Å²) in [5.41, 5.74) is 0. The van der Waals surface area contributed by atoms with E-state index in [-0.39, 0.29) is 6.10 Å². The van der Waals surface area contributed by atoms with Crippen molar-refractivity contribution in [1.29, 1.82) is 0 Å². The van der Waals surface area contributed by atoms with Gasteiger partial charge in [0.25, 0.3) is 0 Å². The minimum atomic E-state index is -0.0374. The topological polar surface area (TPSA) is 20.2 Å². The van der Waals surface area contributed by atoms with Gasteiger partial charge in [0.2, 0.25) is 0 Å². The zero-order valence-electron chi connectivity index (χ0n) is 5.75. The Bertz CT molecular complexity index is 92.9. The van der Waals surface area contributed by atoms with Crippen LogP contribution < -0.4 is 0 Å². The lowest BCUT2D eigenvalue weighted by atomic mass is 10.1. The molecule has 1 fully saturated rings. The molecule has 0 spiro atoms. The molecule has 9 heavy (non-hydrogen) atoms. The van der Waals surface area contributed by atoms with Crippen LogP contribution in [0, 0.1) is 5.92 Å². The highest BCUT2D eigenvalue weighted by Gasteiger charge is 2.25. The molecule has 1 aliphatic carbocycles. The third-order valence-electron chi connectivity index (χ3n) is 2.13. The number of aliphatic hydroxyl groups is 1. The van der Waals surface area contributed by atoms with Crippen LogP contribution in [0.25, 0.3) is 0 Å². The van der Waals surface area contributed by atoms with E-state index in [9.17, 15) is 0 Å². The van der Waals surface area contributed by atoms with Gasteiger partial charge < -0.3 is 5.11 Å². The second-order valence-corrected chi connectivity index (χ2v) is 3.78. The van der Waals surface area contributed by atoms with Gasteiger partial charge >= 0.3 is 0 Å². The quantitative estimate of drug-likeness (QED) is 0.537. The highest BCUT2D eigenvalue weighted by atomic mass is 32.1. The van der Waals surface area contributed by atoms with Gasteiger partial charge in [0.1, 0.15) is 0 Å². The minimum absolute atomic E-state index is 0.0374. The summed E-state index contributed by atoms with van der Waals surface area (Å²) in [6.45, 7) is 2.10. The first-order valence-electron chi connectivity index (χ1n) is 3.56. The normalized spacial score (nSPS) is 39.0. The molecule has 1 rings (SSSR count). The van der Waals surface area contributed by atoms with Crippen LogP contribution in [0.1, 0.15) is 26.2 Å². The molecule has 54 valence electrons. The van der Waals surface area contributed by atoms with Crippen molar-refractivity contribution in [2.75, 3.05) is 0 Å². The van der Waals surface area contributed by atoms with Crippen LogP contribution in [0.3, 0.4) is 0 Å². The first-order valence-corrected chi connectivity index (χ1v) is 4.08. The maximum Gasteiger partial charge on any atom is 0.0543 e. The molecule has 0 aromatic carbocycles. The van der Waals surface area contributed by atoms with Gasteiger partial charge in [0, 0.05) is 5.25 Å². The van der Waals surface area contributed by atoms with Gasteiger partial charge in [-0.3, -0.25) is 0 Å². The Labute approximate surface area is 61.9 Å². The maximum atomic E-state index is 9.11. The maximum absolute atomic E-state index is 9.11. The average molecular weight is 146 g/mol. The molecule has 1 N–H and O–H groups in total. The van der Waals surface area contributed by atoms with Gasteiger partial charge in [-0.1, -0.05) is 6.92 Å². The molecule has 3 atom stereocenters. The Hall–Kier alpha value is 0.310. The van der Waals surface area contributed by atoms with Crippen molar-refractivity contribution in [3.8, 4) is 0 Å². The summed E-state index contributed by atoms with van der Waals surface area (Å²) in [6.07, 6.45) is 3.07. The average Bonchev–Trinajstić information content (AvgIpc) is 2.14. The first kappa shape index (κ1) is 7.42. The molecule has 0 heterocycles. The summed E-state index contributed by atoms with van der Waals surface area (Å²) >= 11 is 4.32. The Kier molecular flexibility index (Phi) is 2.42. The molecular formula is C7H14OS. The van der Waals surface area contributed by atoms with Gasteiger partial charge in [0.15, 0.2) is 0 Å². The lowest BCUT2D eigenvalue weighted by Gasteiger charge is -2.11. The highest BCUT2D eigenvalue weighted by Crippen LogP contribution is 2.30. The second-order valence-electron chi connectivity index (χ2n) is 2.97. The Balaban J connectivity index is 2.30. The lowest BCUT2D eigenvalue weighted by molar-refractivity contribution is 0.177. The molecule has 1 saturated carbocycles. The summed E-state index contributed by atoms with van der Waals surface area (Å²) in [5.74, 6) is 0.656. The third kappa shape index (κ3) is 1.87. The molecule has 1 aliphatic rings. The fourth-order valence-corrected chi connectivity index (χ4v) is 1.70. The number of thiol groups is 1. The molecule has 0 aliphatic heterocycles. The SMILES string of the molecule is CC(S)C1CCC(O)C1. The molecule has 0 amide bonds. The van der Waals surface area contributed by atoms with E-state index < -0.39 is 0 Å². The van der Waals surface area contributed by atoms with E-state index in [0.717, 1.165) is 19.3 Å². The predicted octanol–water partition coefficient (Wildman–Crippen LogP) is 1.47. The molecule has 0 radical (unpaired) electrons. The van der Waals surface area contributed by atoms with Crippen LogP contribution in [0.15, 0.2) is 0 Å². The zero-order valence-corrected chi connectivity index (χ0v) is 6.64. The molecule has 0 aromatic heterocycles. The Morgan fingerprint density at radius 3 is 2.44 bits per heavy atom. The van der Waals surface area contributed by atoms with Crippen molar-refractivity contribution in [3.63, 3.8) is 0 Å². The summed E-state index contributed by atoms with van der Waals surface area (Å²) in [7, 11) is 0. The van der Waals surface area contributed by atoms with Gasteiger partial charge in [0.05, 0.1) is 6.10 Å². The third-order valence-corrected chi connectivity index (χ3v) is 2.55. The number of hydrogen-bond acceptors (Lipinski definition) is 2. The highest BCUT2D eigenvalue weighted by molar-refractivity contribution is 7.80. The smallest absolute Gasteiger partial charge is 0.0543 e. The Morgan fingerprint density at radius 1 is 1.56 bits per heavy atom. The van der Waals surface area contributed by atoms with Crippen LogP contribution in [0.5, 0.6) is 0 Å². The van der Waals surface area contributed by atoms with E-state index in [0.29, 0.717) is 11.2 Å². The van der Waals surface area contributed by atoms with Crippen molar-refractivity contribution in [2.24, 2.45) is 5.92 Å². The van der Waals surface area contributed by atoms with Gasteiger partial charge in [-0.15, -0.1) is 0 Å². The second kappa shape index (κ2) is 2.93. The van der Waals surface area contributed by atoms with E-state index in [1.54, 1.807) is 0 Å². The van der Waals surface area contributed by atoms with E-state index >= 15 is 0 Å². The van der Waals surface area contributed by atoms with Crippen LogP contribution in [-0.2, 0) is 0 Å². The monoisotopic (exact) mass is 146 g/mol. The van der Waals surface area contributed by atoms with Crippen LogP contribution in [0.4, 0.5) is 0 Å². The van der Waals surface area contributed by atoms with Crippen molar-refractivity contribution >= 4 is 12.6 Å². The summed E-state index contributed by atoms with van der Waals surface area (Å²) in [5, 5.41) is 9.57. The molecule has 0 aromatic rings. The number of aliphatic hydroxyl groups excluding tert-OH is 1. The van der Waals surface area contributed by atoms with Crippen LogP contribution >= 0.6 is 12.6 Å². The van der Waals surface area contributed by atoms with Crippen molar-refractivity contribution in [2.45, 2.75) is 37.5 Å². The van der Waals surface area contributed by atoms with E-state index in [2.05, 4.69) is 19.6 Å². The molecule has 1 nitrogen and oxygen atoms in total. The first-order chi connectivity index (χ1) is 4.20. The van der Waals surface area contributed by atoms with Crippen molar-refractivity contribution in [3.05, 3.63) is 0 Å². The van der Waals surface area contributed by atoms with E-state index in [1.807, 2.05) is 0 Å². The molecular weight excluding hydrogens is 132 g/mol. The molecule has 0 bridgehead atoms. The standard InChI is InChI=1S/C7H14OS/c1-5(9)6-2-3-7(8)4-6/h5-9H,2-4H2,1H3. The van der Waals surface area contributed by atoms with Gasteiger partial charge in [-0.05, 0) is 25.2 Å². The van der Waals surface area contributed by atoms with Gasteiger partial charge in [-0.25, -0.2) is 0 Å². The molecule has 0 saturated heterocycles. The van der Waals surface area contributed by atoms with Crippen molar-refractivity contribution < 1.29 is 5.11 Å².